The molecule has 1 aromatic heterocycles. The van der Waals surface area contributed by atoms with Crippen molar-refractivity contribution in [3.8, 4) is 0 Å². The standard InChI is InChI=1S/C11H12N4O4S/c1-8-11(7-12-14-8)20(18,19)13-6-9-4-2-3-5-10(9)15(16)17/h2-5,7,13H,6H2,1H3,(H,12,14). The lowest BCUT2D eigenvalue weighted by molar-refractivity contribution is -0.385. The smallest absolute Gasteiger partial charge is 0.273 e. The van der Waals surface area contributed by atoms with E-state index in [-0.39, 0.29) is 17.1 Å². The van der Waals surface area contributed by atoms with Gasteiger partial charge in [0.15, 0.2) is 0 Å². The van der Waals surface area contributed by atoms with Gasteiger partial charge in [-0.05, 0) is 6.92 Å². The van der Waals surface area contributed by atoms with Gasteiger partial charge in [-0.3, -0.25) is 15.2 Å². The summed E-state index contributed by atoms with van der Waals surface area (Å²) in [6.07, 6.45) is 1.19. The summed E-state index contributed by atoms with van der Waals surface area (Å²) in [7, 11) is -3.75. The summed E-state index contributed by atoms with van der Waals surface area (Å²) < 4.78 is 26.4. The molecule has 0 radical (unpaired) electrons. The molecular weight excluding hydrogens is 284 g/mol. The number of aromatic amines is 1. The first-order valence-electron chi connectivity index (χ1n) is 5.64. The van der Waals surface area contributed by atoms with Crippen molar-refractivity contribution < 1.29 is 13.3 Å². The molecule has 2 N–H and O–H groups in total. The average molecular weight is 296 g/mol. The Morgan fingerprint density at radius 1 is 1.40 bits per heavy atom. The van der Waals surface area contributed by atoms with Crippen LogP contribution in [0.3, 0.4) is 0 Å². The lowest BCUT2D eigenvalue weighted by atomic mass is 10.2. The lowest BCUT2D eigenvalue weighted by Crippen LogP contribution is -2.24. The minimum absolute atomic E-state index is 0.0242. The fourth-order valence-corrected chi connectivity index (χ4v) is 2.84. The van der Waals surface area contributed by atoms with E-state index in [4.69, 9.17) is 0 Å². The number of hydrogen-bond donors (Lipinski definition) is 2. The first-order valence-corrected chi connectivity index (χ1v) is 7.12. The number of sulfonamides is 1. The van der Waals surface area contributed by atoms with Gasteiger partial charge >= 0.3 is 0 Å². The van der Waals surface area contributed by atoms with E-state index in [1.165, 1.54) is 24.4 Å². The van der Waals surface area contributed by atoms with Crippen molar-refractivity contribution >= 4 is 15.7 Å². The second kappa shape index (κ2) is 5.39. The van der Waals surface area contributed by atoms with Crippen molar-refractivity contribution in [1.29, 1.82) is 0 Å². The number of nitro groups is 1. The number of para-hydroxylation sites is 1. The maximum absolute atomic E-state index is 12.0. The van der Waals surface area contributed by atoms with Crippen molar-refractivity contribution in [2.75, 3.05) is 0 Å². The zero-order valence-electron chi connectivity index (χ0n) is 10.5. The topological polar surface area (TPSA) is 118 Å². The predicted molar refractivity (Wildman–Crippen MR) is 70.4 cm³/mol. The van der Waals surface area contributed by atoms with Gasteiger partial charge in [0.1, 0.15) is 4.90 Å². The molecule has 9 heteroatoms. The Morgan fingerprint density at radius 2 is 2.10 bits per heavy atom. The molecule has 0 saturated carbocycles. The number of aryl methyl sites for hydroxylation is 1. The number of H-pyrrole nitrogens is 1. The fraction of sp³-hybridized carbons (Fsp3) is 0.182. The number of nitrogens with one attached hydrogen (secondary N) is 2. The molecule has 0 aliphatic heterocycles. The van der Waals surface area contributed by atoms with Gasteiger partial charge in [-0.15, -0.1) is 0 Å². The van der Waals surface area contributed by atoms with E-state index in [2.05, 4.69) is 14.9 Å². The van der Waals surface area contributed by atoms with Crippen LogP contribution in [0.5, 0.6) is 0 Å². The number of hydrogen-bond acceptors (Lipinski definition) is 5. The van der Waals surface area contributed by atoms with Crippen molar-refractivity contribution in [3.63, 3.8) is 0 Å². The highest BCUT2D eigenvalue weighted by Crippen LogP contribution is 2.18. The first-order chi connectivity index (χ1) is 9.42. The van der Waals surface area contributed by atoms with Crippen LogP contribution in [0.25, 0.3) is 0 Å². The highest BCUT2D eigenvalue weighted by atomic mass is 32.2. The summed E-state index contributed by atoms with van der Waals surface area (Å²) in [4.78, 5) is 10.3. The number of rotatable bonds is 5. The Morgan fingerprint density at radius 3 is 2.70 bits per heavy atom. The number of nitro benzene ring substituents is 1. The minimum Gasteiger partial charge on any atom is -0.281 e. The zero-order chi connectivity index (χ0) is 14.8. The Labute approximate surface area is 115 Å². The molecule has 1 heterocycles. The molecule has 0 amide bonds. The van der Waals surface area contributed by atoms with Crippen LogP contribution in [0.1, 0.15) is 11.3 Å². The third-order valence-electron chi connectivity index (χ3n) is 2.71. The maximum Gasteiger partial charge on any atom is 0.273 e. The molecule has 0 fully saturated rings. The Bertz CT molecular complexity index is 738. The van der Waals surface area contributed by atoms with Gasteiger partial charge in [-0.25, -0.2) is 13.1 Å². The largest absolute Gasteiger partial charge is 0.281 e. The molecule has 0 atom stereocenters. The van der Waals surface area contributed by atoms with Crippen LogP contribution < -0.4 is 4.72 Å². The van der Waals surface area contributed by atoms with Crippen LogP contribution in [0.15, 0.2) is 35.4 Å². The molecule has 2 aromatic rings. The van der Waals surface area contributed by atoms with Crippen LogP contribution in [0.4, 0.5) is 5.69 Å². The van der Waals surface area contributed by atoms with Gasteiger partial charge in [0.25, 0.3) is 5.69 Å². The molecule has 20 heavy (non-hydrogen) atoms. The molecule has 0 aliphatic rings. The second-order valence-electron chi connectivity index (χ2n) is 4.07. The van der Waals surface area contributed by atoms with Crippen LogP contribution >= 0.6 is 0 Å². The second-order valence-corrected chi connectivity index (χ2v) is 5.81. The Kier molecular flexibility index (Phi) is 3.81. The molecule has 106 valence electrons. The van der Waals surface area contributed by atoms with Crippen LogP contribution in [-0.2, 0) is 16.6 Å². The van der Waals surface area contributed by atoms with Crippen LogP contribution in [-0.4, -0.2) is 23.5 Å². The summed E-state index contributed by atoms with van der Waals surface area (Å²) in [5.74, 6) is 0. The lowest BCUT2D eigenvalue weighted by Gasteiger charge is -2.06. The molecule has 0 spiro atoms. The van der Waals surface area contributed by atoms with Gasteiger partial charge < -0.3 is 0 Å². The summed E-state index contributed by atoms with van der Waals surface area (Å²) >= 11 is 0. The van der Waals surface area contributed by atoms with Gasteiger partial charge in [-0.2, -0.15) is 5.10 Å². The predicted octanol–water partition coefficient (Wildman–Crippen LogP) is 1.10. The number of benzene rings is 1. The molecule has 8 nitrogen and oxygen atoms in total. The highest BCUT2D eigenvalue weighted by molar-refractivity contribution is 7.89. The molecular formula is C11H12N4O4S. The maximum atomic E-state index is 12.0. The third-order valence-corrected chi connectivity index (χ3v) is 4.23. The monoisotopic (exact) mass is 296 g/mol. The molecule has 1 aromatic carbocycles. The first kappa shape index (κ1) is 14.2. The zero-order valence-corrected chi connectivity index (χ0v) is 11.3. The van der Waals surface area contributed by atoms with Gasteiger partial charge in [0.05, 0.1) is 16.8 Å². The van der Waals surface area contributed by atoms with Gasteiger partial charge in [-0.1, -0.05) is 18.2 Å². The van der Waals surface area contributed by atoms with Crippen molar-refractivity contribution in [2.24, 2.45) is 0 Å². The third kappa shape index (κ3) is 2.83. The van der Waals surface area contributed by atoms with Gasteiger partial charge in [0, 0.05) is 18.2 Å². The summed E-state index contributed by atoms with van der Waals surface area (Å²) in [5, 5.41) is 17.0. The van der Waals surface area contributed by atoms with E-state index >= 15 is 0 Å². The van der Waals surface area contributed by atoms with E-state index in [9.17, 15) is 18.5 Å². The molecule has 0 aliphatic carbocycles. The van der Waals surface area contributed by atoms with Crippen LogP contribution in [0, 0.1) is 17.0 Å². The molecule has 0 bridgehead atoms. The number of aromatic nitrogens is 2. The fourth-order valence-electron chi connectivity index (χ4n) is 1.70. The van der Waals surface area contributed by atoms with Crippen LogP contribution in [0.2, 0.25) is 0 Å². The minimum atomic E-state index is -3.75. The number of nitrogens with zero attached hydrogens (tertiary/aromatic N) is 2. The van der Waals surface area contributed by atoms with Gasteiger partial charge in [0.2, 0.25) is 10.0 Å². The van der Waals surface area contributed by atoms with E-state index in [0.29, 0.717) is 11.3 Å². The summed E-state index contributed by atoms with van der Waals surface area (Å²) in [5.41, 5.74) is 0.571. The quantitative estimate of drug-likeness (QED) is 0.632. The van der Waals surface area contributed by atoms with E-state index in [1.807, 2.05) is 0 Å². The van der Waals surface area contributed by atoms with E-state index in [0.717, 1.165) is 0 Å². The normalized spacial score (nSPS) is 11.4. The summed E-state index contributed by atoms with van der Waals surface area (Å²) in [6, 6.07) is 5.96. The SMILES string of the molecule is Cc1[nH]ncc1S(=O)(=O)NCc1ccccc1[N+](=O)[O-]. The van der Waals surface area contributed by atoms with Crippen molar-refractivity contribution in [3.05, 3.63) is 51.8 Å². The Hall–Kier alpha value is -2.26. The van der Waals surface area contributed by atoms with Crippen molar-refractivity contribution in [2.45, 2.75) is 18.4 Å². The highest BCUT2D eigenvalue weighted by Gasteiger charge is 2.20. The summed E-state index contributed by atoms with van der Waals surface area (Å²) in [6.45, 7) is 1.41. The molecule has 0 saturated heterocycles. The average Bonchev–Trinajstić information content (AvgIpc) is 2.84. The van der Waals surface area contributed by atoms with Crippen molar-refractivity contribution in [1.82, 2.24) is 14.9 Å². The molecule has 2 rings (SSSR count). The van der Waals surface area contributed by atoms with E-state index in [1.54, 1.807) is 13.0 Å². The van der Waals surface area contributed by atoms with E-state index < -0.39 is 14.9 Å². The molecule has 0 unspecified atom stereocenters. The Balaban J connectivity index is 2.22.